The number of rotatable bonds is 8. The third kappa shape index (κ3) is 4.01. The lowest BCUT2D eigenvalue weighted by Gasteiger charge is -2.13. The van der Waals surface area contributed by atoms with Gasteiger partial charge in [0, 0.05) is 12.5 Å². The van der Waals surface area contributed by atoms with Gasteiger partial charge in [-0.2, -0.15) is 5.10 Å². The first kappa shape index (κ1) is 19.6. The van der Waals surface area contributed by atoms with E-state index in [1.807, 2.05) is 6.07 Å². The van der Waals surface area contributed by atoms with Crippen molar-refractivity contribution in [3.05, 3.63) is 36.0 Å². The van der Waals surface area contributed by atoms with Crippen molar-refractivity contribution in [2.45, 2.75) is 12.8 Å². The molecule has 4 rings (SSSR count). The largest absolute Gasteiger partial charge is 0.491 e. The number of ether oxygens (including phenoxy) is 3. The van der Waals surface area contributed by atoms with E-state index in [0.29, 0.717) is 48.6 Å². The number of pyridine rings is 1. The molecule has 11 nitrogen and oxygen atoms in total. The number of nitrogens with one attached hydrogen (secondary N) is 2. The third-order valence-electron chi connectivity index (χ3n) is 4.41. The molecule has 30 heavy (non-hydrogen) atoms. The molecule has 4 heterocycles. The molecule has 3 aromatic heterocycles. The molecular weight excluding hydrogens is 390 g/mol. The highest BCUT2D eigenvalue weighted by Crippen LogP contribution is 2.42. The molecule has 0 radical (unpaired) electrons. The van der Waals surface area contributed by atoms with Gasteiger partial charge in [-0.1, -0.05) is 0 Å². The zero-order valence-electron chi connectivity index (χ0n) is 16.3. The first-order valence-corrected chi connectivity index (χ1v) is 9.40. The lowest BCUT2D eigenvalue weighted by Crippen LogP contribution is -2.07. The fraction of sp³-hybridized carbons (Fsp3) is 0.316. The summed E-state index contributed by atoms with van der Waals surface area (Å²) >= 11 is 0. The Morgan fingerprint density at radius 1 is 1.27 bits per heavy atom. The van der Waals surface area contributed by atoms with Crippen LogP contribution in [0.3, 0.4) is 0 Å². The van der Waals surface area contributed by atoms with Gasteiger partial charge in [0.2, 0.25) is 0 Å². The average molecular weight is 411 g/mol. The van der Waals surface area contributed by atoms with Crippen LogP contribution in [0.2, 0.25) is 0 Å². The van der Waals surface area contributed by atoms with Gasteiger partial charge in [0.25, 0.3) is 0 Å². The van der Waals surface area contributed by atoms with Gasteiger partial charge in [-0.3, -0.25) is 10.1 Å². The van der Waals surface area contributed by atoms with Gasteiger partial charge in [-0.05, 0) is 13.0 Å². The SMILES string of the molecule is COC(=O)c1cnc(Nc2cc(-c3c(OCCCN)cnc4c3OCC4)[nH]n2)cn1. The normalized spacial score (nSPS) is 12.2. The molecule has 1 aliphatic heterocycles. The van der Waals surface area contributed by atoms with Crippen LogP contribution < -0.4 is 20.5 Å². The van der Waals surface area contributed by atoms with Crippen molar-refractivity contribution >= 4 is 17.6 Å². The van der Waals surface area contributed by atoms with E-state index in [1.54, 1.807) is 6.20 Å². The molecule has 0 unspecified atom stereocenters. The molecule has 0 amide bonds. The number of aromatic nitrogens is 5. The molecule has 3 aromatic rings. The second-order valence-electron chi connectivity index (χ2n) is 6.43. The number of carbonyl (C=O) groups excluding carboxylic acids is 1. The number of nitrogens with zero attached hydrogens (tertiary/aromatic N) is 4. The summed E-state index contributed by atoms with van der Waals surface area (Å²) in [7, 11) is 1.29. The molecule has 0 fully saturated rings. The quantitative estimate of drug-likeness (QED) is 0.367. The van der Waals surface area contributed by atoms with Crippen LogP contribution in [-0.2, 0) is 11.2 Å². The van der Waals surface area contributed by atoms with E-state index in [1.165, 1.54) is 19.5 Å². The van der Waals surface area contributed by atoms with Crippen molar-refractivity contribution in [3.8, 4) is 22.8 Å². The van der Waals surface area contributed by atoms with Crippen molar-refractivity contribution in [3.63, 3.8) is 0 Å². The number of esters is 1. The molecule has 0 spiro atoms. The highest BCUT2D eigenvalue weighted by molar-refractivity contribution is 5.86. The maximum atomic E-state index is 11.5. The molecule has 0 aromatic carbocycles. The lowest BCUT2D eigenvalue weighted by atomic mass is 10.1. The minimum absolute atomic E-state index is 0.120. The summed E-state index contributed by atoms with van der Waals surface area (Å²) in [5.41, 5.74) is 8.03. The maximum Gasteiger partial charge on any atom is 0.358 e. The fourth-order valence-corrected chi connectivity index (χ4v) is 2.98. The zero-order valence-corrected chi connectivity index (χ0v) is 16.3. The second kappa shape index (κ2) is 8.74. The topological polar surface area (TPSA) is 150 Å². The molecule has 11 heteroatoms. The molecular formula is C19H21N7O4. The molecule has 1 aliphatic rings. The first-order valence-electron chi connectivity index (χ1n) is 9.40. The summed E-state index contributed by atoms with van der Waals surface area (Å²) in [6, 6.07) is 1.81. The van der Waals surface area contributed by atoms with Gasteiger partial charge in [-0.15, -0.1) is 0 Å². The molecule has 0 aliphatic carbocycles. The predicted octanol–water partition coefficient (Wildman–Crippen LogP) is 1.45. The number of anilines is 2. The van der Waals surface area contributed by atoms with E-state index in [9.17, 15) is 4.79 Å². The van der Waals surface area contributed by atoms with Gasteiger partial charge in [0.1, 0.15) is 5.82 Å². The van der Waals surface area contributed by atoms with Crippen LogP contribution in [0.15, 0.2) is 24.7 Å². The standard InChI is InChI=1S/C19H21N7O4/c1-28-19(27)13-8-23-16(10-22-13)24-15-7-12(25-26-15)17-14(29-5-2-4-20)9-21-11-3-6-30-18(11)17/h7-10H,2-6,20H2,1H3,(H2,23,24,25,26). The Hall–Kier alpha value is -3.73. The van der Waals surface area contributed by atoms with Crippen LogP contribution in [0.5, 0.6) is 11.5 Å². The maximum absolute atomic E-state index is 11.5. The summed E-state index contributed by atoms with van der Waals surface area (Å²) < 4.78 is 16.3. The molecule has 4 N–H and O–H groups in total. The molecule has 0 saturated carbocycles. The summed E-state index contributed by atoms with van der Waals surface area (Å²) in [4.78, 5) is 24.1. The molecule has 0 atom stereocenters. The summed E-state index contributed by atoms with van der Waals surface area (Å²) in [6.07, 6.45) is 5.93. The number of aromatic amines is 1. The van der Waals surface area contributed by atoms with E-state index in [2.05, 4.69) is 35.2 Å². The van der Waals surface area contributed by atoms with E-state index < -0.39 is 5.97 Å². The first-order chi connectivity index (χ1) is 14.7. The van der Waals surface area contributed by atoms with Gasteiger partial charge in [-0.25, -0.2) is 14.8 Å². The van der Waals surface area contributed by atoms with E-state index in [-0.39, 0.29) is 5.69 Å². The Balaban J connectivity index is 1.58. The number of fused-ring (bicyclic) bond motifs is 1. The van der Waals surface area contributed by atoms with Crippen molar-refractivity contribution in [2.24, 2.45) is 5.73 Å². The fourth-order valence-electron chi connectivity index (χ4n) is 2.98. The van der Waals surface area contributed by atoms with Gasteiger partial charge in [0.05, 0.1) is 55.9 Å². The summed E-state index contributed by atoms with van der Waals surface area (Å²) in [6.45, 7) is 1.59. The summed E-state index contributed by atoms with van der Waals surface area (Å²) in [5, 5.41) is 10.3. The Bertz CT molecular complexity index is 1040. The second-order valence-corrected chi connectivity index (χ2v) is 6.43. The smallest absolute Gasteiger partial charge is 0.358 e. The van der Waals surface area contributed by atoms with Crippen molar-refractivity contribution in [1.29, 1.82) is 0 Å². The van der Waals surface area contributed by atoms with Crippen molar-refractivity contribution < 1.29 is 19.0 Å². The van der Waals surface area contributed by atoms with Crippen molar-refractivity contribution in [2.75, 3.05) is 32.2 Å². The van der Waals surface area contributed by atoms with Crippen LogP contribution in [0.4, 0.5) is 11.6 Å². The summed E-state index contributed by atoms with van der Waals surface area (Å²) in [5.74, 6) is 1.68. The van der Waals surface area contributed by atoms with Crippen molar-refractivity contribution in [1.82, 2.24) is 25.1 Å². The Kier molecular flexibility index (Phi) is 5.70. The predicted molar refractivity (Wildman–Crippen MR) is 107 cm³/mol. The van der Waals surface area contributed by atoms with E-state index in [4.69, 9.17) is 15.2 Å². The Morgan fingerprint density at radius 2 is 2.17 bits per heavy atom. The highest BCUT2D eigenvalue weighted by atomic mass is 16.5. The Labute approximate surface area is 172 Å². The minimum Gasteiger partial charge on any atom is -0.491 e. The van der Waals surface area contributed by atoms with Crippen LogP contribution in [0.1, 0.15) is 22.6 Å². The monoisotopic (exact) mass is 411 g/mol. The van der Waals surface area contributed by atoms with Gasteiger partial charge < -0.3 is 25.3 Å². The third-order valence-corrected chi connectivity index (χ3v) is 4.41. The number of methoxy groups -OCH3 is 1. The number of hydrogen-bond donors (Lipinski definition) is 3. The molecule has 0 bridgehead atoms. The number of carbonyl (C=O) groups is 1. The van der Waals surface area contributed by atoms with Crippen LogP contribution in [-0.4, -0.2) is 58.0 Å². The molecule has 0 saturated heterocycles. The Morgan fingerprint density at radius 3 is 2.93 bits per heavy atom. The highest BCUT2D eigenvalue weighted by Gasteiger charge is 2.24. The van der Waals surface area contributed by atoms with Crippen LogP contribution >= 0.6 is 0 Å². The number of hydrogen-bond acceptors (Lipinski definition) is 10. The van der Waals surface area contributed by atoms with Gasteiger partial charge in [0.15, 0.2) is 23.0 Å². The van der Waals surface area contributed by atoms with E-state index >= 15 is 0 Å². The lowest BCUT2D eigenvalue weighted by molar-refractivity contribution is 0.0593. The zero-order chi connectivity index (χ0) is 20.9. The van der Waals surface area contributed by atoms with E-state index in [0.717, 1.165) is 24.1 Å². The molecule has 156 valence electrons. The number of nitrogens with two attached hydrogens (primary N) is 1. The van der Waals surface area contributed by atoms with Crippen LogP contribution in [0, 0.1) is 0 Å². The van der Waals surface area contributed by atoms with Crippen LogP contribution in [0.25, 0.3) is 11.3 Å². The van der Waals surface area contributed by atoms with Gasteiger partial charge >= 0.3 is 5.97 Å². The number of H-pyrrole nitrogens is 1. The minimum atomic E-state index is -0.551. The average Bonchev–Trinajstić information content (AvgIpc) is 3.43.